The second-order valence-electron chi connectivity index (χ2n) is 7.21. The maximum Gasteiger partial charge on any atom is 0.410 e. The van der Waals surface area contributed by atoms with Gasteiger partial charge in [0, 0.05) is 13.1 Å². The molecule has 2 aliphatic rings. The van der Waals surface area contributed by atoms with Crippen LogP contribution < -0.4 is 0 Å². The normalized spacial score (nSPS) is 20.8. The van der Waals surface area contributed by atoms with Crippen LogP contribution in [0.4, 0.5) is 4.79 Å². The number of amides is 1. The third kappa shape index (κ3) is 2.72. The number of aryl methyl sites for hydroxylation is 1. The first-order valence-corrected chi connectivity index (χ1v) is 7.96. The fourth-order valence-corrected chi connectivity index (χ4v) is 3.40. The van der Waals surface area contributed by atoms with Gasteiger partial charge in [0.1, 0.15) is 11.2 Å². The van der Waals surface area contributed by atoms with E-state index in [2.05, 4.69) is 16.7 Å². The molecule has 3 rings (SSSR count). The predicted octanol–water partition coefficient (Wildman–Crippen LogP) is 2.45. The Labute approximate surface area is 131 Å². The third-order valence-corrected chi connectivity index (χ3v) is 4.36. The zero-order valence-corrected chi connectivity index (χ0v) is 13.9. The van der Waals surface area contributed by atoms with Gasteiger partial charge in [0.15, 0.2) is 0 Å². The van der Waals surface area contributed by atoms with E-state index in [4.69, 9.17) is 9.47 Å². The summed E-state index contributed by atoms with van der Waals surface area (Å²) in [6, 6.07) is 0. The Morgan fingerprint density at radius 2 is 2.00 bits per heavy atom. The van der Waals surface area contributed by atoms with Gasteiger partial charge in [-0.05, 0) is 46.1 Å². The molecular formula is C16H25N3O3. The monoisotopic (exact) mass is 307 g/mol. The van der Waals surface area contributed by atoms with Crippen molar-refractivity contribution in [3.63, 3.8) is 0 Å². The maximum atomic E-state index is 12.2. The van der Waals surface area contributed by atoms with Gasteiger partial charge in [0.2, 0.25) is 0 Å². The van der Waals surface area contributed by atoms with Gasteiger partial charge >= 0.3 is 6.09 Å². The zero-order chi connectivity index (χ0) is 16.0. The van der Waals surface area contributed by atoms with E-state index in [1.165, 1.54) is 11.3 Å². The maximum absolute atomic E-state index is 12.2. The second-order valence-corrected chi connectivity index (χ2v) is 7.21. The number of hydrogen-bond donors (Lipinski definition) is 0. The lowest BCUT2D eigenvalue weighted by Gasteiger charge is -2.44. The van der Waals surface area contributed by atoms with E-state index in [0.717, 1.165) is 19.4 Å². The minimum Gasteiger partial charge on any atom is -0.444 e. The lowest BCUT2D eigenvalue weighted by atomic mass is 9.85. The SMILES string of the molecule is Cc1cnn2c1C1(CCN(C(=O)OC(C)(C)C)CC1)OCC2. The summed E-state index contributed by atoms with van der Waals surface area (Å²) in [7, 11) is 0. The van der Waals surface area contributed by atoms with Crippen molar-refractivity contribution < 1.29 is 14.3 Å². The third-order valence-electron chi connectivity index (χ3n) is 4.36. The average Bonchev–Trinajstić information content (AvgIpc) is 2.81. The fourth-order valence-electron chi connectivity index (χ4n) is 3.40. The van der Waals surface area contributed by atoms with Gasteiger partial charge in [-0.2, -0.15) is 5.10 Å². The largest absolute Gasteiger partial charge is 0.444 e. The van der Waals surface area contributed by atoms with E-state index >= 15 is 0 Å². The summed E-state index contributed by atoms with van der Waals surface area (Å²) < 4.78 is 13.7. The minimum absolute atomic E-state index is 0.233. The first-order chi connectivity index (χ1) is 10.3. The summed E-state index contributed by atoms with van der Waals surface area (Å²) in [6.45, 7) is 10.5. The number of carbonyl (C=O) groups is 1. The van der Waals surface area contributed by atoms with Gasteiger partial charge in [-0.15, -0.1) is 0 Å². The van der Waals surface area contributed by atoms with Crippen molar-refractivity contribution in [1.82, 2.24) is 14.7 Å². The van der Waals surface area contributed by atoms with E-state index < -0.39 is 5.60 Å². The number of nitrogens with zero attached hydrogens (tertiary/aromatic N) is 3. The molecule has 0 aliphatic carbocycles. The Balaban J connectivity index is 1.72. The molecule has 0 N–H and O–H groups in total. The standard InChI is InChI=1S/C16H25N3O3/c1-12-11-17-19-9-10-21-16(13(12)19)5-7-18(8-6-16)14(20)22-15(2,3)4/h11H,5-10H2,1-4H3. The van der Waals surface area contributed by atoms with Crippen LogP contribution in [0.15, 0.2) is 6.20 Å². The van der Waals surface area contributed by atoms with Gasteiger partial charge < -0.3 is 14.4 Å². The first kappa shape index (κ1) is 15.3. The van der Waals surface area contributed by atoms with E-state index in [1.807, 2.05) is 27.0 Å². The smallest absolute Gasteiger partial charge is 0.410 e. The summed E-state index contributed by atoms with van der Waals surface area (Å²) in [5.41, 5.74) is 1.60. The second kappa shape index (κ2) is 5.26. The lowest BCUT2D eigenvalue weighted by molar-refractivity contribution is -0.114. The number of hydrogen-bond acceptors (Lipinski definition) is 4. The highest BCUT2D eigenvalue weighted by Crippen LogP contribution is 2.40. The van der Waals surface area contributed by atoms with E-state index in [1.54, 1.807) is 4.90 Å². The molecule has 0 bridgehead atoms. The highest BCUT2D eigenvalue weighted by Gasteiger charge is 2.44. The van der Waals surface area contributed by atoms with Crippen LogP contribution in [-0.4, -0.2) is 46.1 Å². The molecule has 122 valence electrons. The van der Waals surface area contributed by atoms with E-state index in [0.29, 0.717) is 19.7 Å². The van der Waals surface area contributed by atoms with Gasteiger partial charge in [0.05, 0.1) is 25.0 Å². The highest BCUT2D eigenvalue weighted by atomic mass is 16.6. The van der Waals surface area contributed by atoms with Crippen molar-refractivity contribution >= 4 is 6.09 Å². The molecule has 3 heterocycles. The molecule has 0 unspecified atom stereocenters. The van der Waals surface area contributed by atoms with E-state index in [9.17, 15) is 4.79 Å². The molecule has 6 heteroatoms. The molecule has 1 aromatic heterocycles. The summed E-state index contributed by atoms with van der Waals surface area (Å²) >= 11 is 0. The Kier molecular flexibility index (Phi) is 3.67. The molecule has 0 saturated carbocycles. The van der Waals surface area contributed by atoms with Gasteiger partial charge in [0.25, 0.3) is 0 Å². The summed E-state index contributed by atoms with van der Waals surface area (Å²) in [5, 5.41) is 4.44. The molecule has 2 aliphatic heterocycles. The highest BCUT2D eigenvalue weighted by molar-refractivity contribution is 5.68. The van der Waals surface area contributed by atoms with Crippen molar-refractivity contribution in [2.24, 2.45) is 0 Å². The van der Waals surface area contributed by atoms with Gasteiger partial charge in [-0.25, -0.2) is 4.79 Å². The topological polar surface area (TPSA) is 56.6 Å². The Morgan fingerprint density at radius 1 is 1.32 bits per heavy atom. The number of likely N-dealkylation sites (tertiary alicyclic amines) is 1. The number of aromatic nitrogens is 2. The molecule has 0 aromatic carbocycles. The number of ether oxygens (including phenoxy) is 2. The van der Waals surface area contributed by atoms with Crippen LogP contribution in [-0.2, 0) is 21.6 Å². The van der Waals surface area contributed by atoms with Crippen LogP contribution in [0, 0.1) is 6.92 Å². The fraction of sp³-hybridized carbons (Fsp3) is 0.750. The number of rotatable bonds is 0. The van der Waals surface area contributed by atoms with Crippen LogP contribution in [0.1, 0.15) is 44.9 Å². The van der Waals surface area contributed by atoms with Crippen LogP contribution >= 0.6 is 0 Å². The molecule has 1 amide bonds. The Hall–Kier alpha value is -1.56. The summed E-state index contributed by atoms with van der Waals surface area (Å²) in [5.74, 6) is 0. The van der Waals surface area contributed by atoms with Crippen molar-refractivity contribution in [3.05, 3.63) is 17.5 Å². The Bertz CT molecular complexity index is 566. The lowest BCUT2D eigenvalue weighted by Crippen LogP contribution is -2.50. The van der Waals surface area contributed by atoms with Gasteiger partial charge in [-0.3, -0.25) is 4.68 Å². The van der Waals surface area contributed by atoms with Crippen molar-refractivity contribution in [1.29, 1.82) is 0 Å². The van der Waals surface area contributed by atoms with Crippen molar-refractivity contribution in [2.75, 3.05) is 19.7 Å². The molecule has 0 radical (unpaired) electrons. The molecular weight excluding hydrogens is 282 g/mol. The van der Waals surface area contributed by atoms with E-state index in [-0.39, 0.29) is 11.7 Å². The minimum atomic E-state index is -0.456. The van der Waals surface area contributed by atoms with Crippen LogP contribution in [0.3, 0.4) is 0 Å². The van der Waals surface area contributed by atoms with Crippen LogP contribution in [0.5, 0.6) is 0 Å². The molecule has 0 atom stereocenters. The molecule has 1 aromatic rings. The van der Waals surface area contributed by atoms with Crippen molar-refractivity contribution in [2.45, 2.75) is 58.3 Å². The molecule has 22 heavy (non-hydrogen) atoms. The Morgan fingerprint density at radius 3 is 2.64 bits per heavy atom. The molecule has 1 saturated heterocycles. The quantitative estimate of drug-likeness (QED) is 0.739. The number of piperidine rings is 1. The number of carbonyl (C=O) groups excluding carboxylic acids is 1. The first-order valence-electron chi connectivity index (χ1n) is 7.96. The van der Waals surface area contributed by atoms with Crippen molar-refractivity contribution in [3.8, 4) is 0 Å². The molecule has 1 spiro atoms. The van der Waals surface area contributed by atoms with Crippen LogP contribution in [0.2, 0.25) is 0 Å². The van der Waals surface area contributed by atoms with Gasteiger partial charge in [-0.1, -0.05) is 0 Å². The van der Waals surface area contributed by atoms with Crippen LogP contribution in [0.25, 0.3) is 0 Å². The number of fused-ring (bicyclic) bond motifs is 2. The molecule has 6 nitrogen and oxygen atoms in total. The zero-order valence-electron chi connectivity index (χ0n) is 13.9. The average molecular weight is 307 g/mol. The summed E-state index contributed by atoms with van der Waals surface area (Å²) in [6.07, 6.45) is 3.26. The molecule has 1 fully saturated rings. The summed E-state index contributed by atoms with van der Waals surface area (Å²) in [4.78, 5) is 14.0. The predicted molar refractivity (Wildman–Crippen MR) is 81.6 cm³/mol.